The maximum atomic E-state index is 13.5. The van der Waals surface area contributed by atoms with Crippen LogP contribution in [0.2, 0.25) is 0 Å². The topological polar surface area (TPSA) is 35.2 Å². The first kappa shape index (κ1) is 12.5. The van der Waals surface area contributed by atoms with Gasteiger partial charge in [0.05, 0.1) is 0 Å². The lowest BCUT2D eigenvalue weighted by Gasteiger charge is -2.11. The molecule has 2 aromatic carbocycles. The van der Waals surface area contributed by atoms with E-state index in [0.717, 1.165) is 29.3 Å². The minimum absolute atomic E-state index is 0.143. The third kappa shape index (κ3) is 2.65. The molecule has 0 bridgehead atoms. The van der Waals surface area contributed by atoms with E-state index in [2.05, 4.69) is 0 Å². The highest BCUT2D eigenvalue weighted by atomic mass is 19.1. The van der Waals surface area contributed by atoms with Gasteiger partial charge in [-0.05, 0) is 30.7 Å². The fourth-order valence-corrected chi connectivity index (χ4v) is 1.60. The van der Waals surface area contributed by atoms with Crippen LogP contribution in [0.3, 0.4) is 0 Å². The first-order chi connectivity index (χ1) is 8.60. The maximum Gasteiger partial charge on any atom is 0.165 e. The normalized spacial score (nSPS) is 10.4. The molecule has 2 nitrogen and oxygen atoms in total. The molecule has 0 spiro atoms. The van der Waals surface area contributed by atoms with Crippen LogP contribution in [0.1, 0.15) is 11.1 Å². The van der Waals surface area contributed by atoms with E-state index < -0.39 is 11.6 Å². The first-order valence-electron chi connectivity index (χ1n) is 5.52. The van der Waals surface area contributed by atoms with Crippen molar-refractivity contribution in [1.29, 1.82) is 0 Å². The van der Waals surface area contributed by atoms with Crippen LogP contribution in [-0.2, 0) is 6.54 Å². The van der Waals surface area contributed by atoms with Crippen LogP contribution in [-0.4, -0.2) is 0 Å². The molecule has 0 aliphatic heterocycles. The van der Waals surface area contributed by atoms with Gasteiger partial charge in [0.1, 0.15) is 11.6 Å². The predicted octanol–water partition coefficient (Wildman–Crippen LogP) is 3.52. The second-order valence-electron chi connectivity index (χ2n) is 3.99. The molecule has 0 saturated heterocycles. The van der Waals surface area contributed by atoms with Crippen LogP contribution in [0.5, 0.6) is 11.5 Å². The van der Waals surface area contributed by atoms with E-state index in [1.54, 1.807) is 6.07 Å². The standard InChI is InChI=1S/C14H13F2NO/c1-9-2-3-10(8-17)13(6-9)18-14-7-11(15)4-5-12(14)16/h2-7H,8,17H2,1H3. The summed E-state index contributed by atoms with van der Waals surface area (Å²) in [7, 11) is 0. The molecular formula is C14H13F2NO. The third-order valence-electron chi connectivity index (χ3n) is 2.56. The molecule has 0 fully saturated rings. The zero-order chi connectivity index (χ0) is 13.1. The second kappa shape index (κ2) is 5.14. The Morgan fingerprint density at radius 1 is 1.06 bits per heavy atom. The molecule has 0 saturated carbocycles. The Labute approximate surface area is 104 Å². The molecule has 0 aliphatic rings. The van der Waals surface area contributed by atoms with E-state index in [0.29, 0.717) is 5.75 Å². The average Bonchev–Trinajstić information content (AvgIpc) is 2.34. The van der Waals surface area contributed by atoms with E-state index in [1.807, 2.05) is 19.1 Å². The molecule has 2 rings (SSSR count). The molecule has 4 heteroatoms. The highest BCUT2D eigenvalue weighted by Gasteiger charge is 2.09. The molecule has 2 N–H and O–H groups in total. The van der Waals surface area contributed by atoms with Gasteiger partial charge in [0.25, 0.3) is 0 Å². The smallest absolute Gasteiger partial charge is 0.165 e. The lowest BCUT2D eigenvalue weighted by Crippen LogP contribution is -2.00. The summed E-state index contributed by atoms with van der Waals surface area (Å²) in [6, 6.07) is 8.52. The first-order valence-corrected chi connectivity index (χ1v) is 5.52. The molecule has 18 heavy (non-hydrogen) atoms. The molecule has 94 valence electrons. The fraction of sp³-hybridized carbons (Fsp3) is 0.143. The highest BCUT2D eigenvalue weighted by Crippen LogP contribution is 2.28. The van der Waals surface area contributed by atoms with Crippen molar-refractivity contribution in [2.45, 2.75) is 13.5 Å². The summed E-state index contributed by atoms with van der Waals surface area (Å²) in [6.07, 6.45) is 0. The Bertz CT molecular complexity index is 570. The van der Waals surface area contributed by atoms with E-state index in [9.17, 15) is 8.78 Å². The molecule has 0 unspecified atom stereocenters. The minimum atomic E-state index is -0.610. The van der Waals surface area contributed by atoms with Crippen molar-refractivity contribution >= 4 is 0 Å². The highest BCUT2D eigenvalue weighted by molar-refractivity contribution is 5.40. The molecule has 0 atom stereocenters. The minimum Gasteiger partial charge on any atom is -0.454 e. The quantitative estimate of drug-likeness (QED) is 0.903. The lowest BCUT2D eigenvalue weighted by molar-refractivity contribution is 0.432. The van der Waals surface area contributed by atoms with Gasteiger partial charge in [-0.2, -0.15) is 0 Å². The Hall–Kier alpha value is -1.94. The molecule has 0 aromatic heterocycles. The van der Waals surface area contributed by atoms with Gasteiger partial charge in [-0.25, -0.2) is 8.78 Å². The summed E-state index contributed by atoms with van der Waals surface area (Å²) >= 11 is 0. The number of halogens is 2. The molecule has 0 amide bonds. The van der Waals surface area contributed by atoms with E-state index in [4.69, 9.17) is 10.5 Å². The van der Waals surface area contributed by atoms with Crippen molar-refractivity contribution in [2.75, 3.05) is 0 Å². The van der Waals surface area contributed by atoms with Crippen molar-refractivity contribution in [2.24, 2.45) is 5.73 Å². The SMILES string of the molecule is Cc1ccc(CN)c(Oc2cc(F)ccc2F)c1. The van der Waals surface area contributed by atoms with E-state index in [-0.39, 0.29) is 12.3 Å². The van der Waals surface area contributed by atoms with Crippen molar-refractivity contribution in [1.82, 2.24) is 0 Å². The van der Waals surface area contributed by atoms with Crippen LogP contribution < -0.4 is 10.5 Å². The van der Waals surface area contributed by atoms with Gasteiger partial charge in [0, 0.05) is 18.2 Å². The molecule has 0 heterocycles. The summed E-state index contributed by atoms with van der Waals surface area (Å²) in [5.41, 5.74) is 7.27. The van der Waals surface area contributed by atoms with Gasteiger partial charge in [-0.3, -0.25) is 0 Å². The largest absolute Gasteiger partial charge is 0.454 e. The van der Waals surface area contributed by atoms with Crippen LogP contribution in [0, 0.1) is 18.6 Å². The summed E-state index contributed by atoms with van der Waals surface area (Å²) < 4.78 is 31.9. The molecular weight excluding hydrogens is 236 g/mol. The number of hydrogen-bond donors (Lipinski definition) is 1. The Morgan fingerprint density at radius 2 is 1.83 bits per heavy atom. The second-order valence-corrected chi connectivity index (χ2v) is 3.99. The van der Waals surface area contributed by atoms with Gasteiger partial charge < -0.3 is 10.5 Å². The fourth-order valence-electron chi connectivity index (χ4n) is 1.60. The average molecular weight is 249 g/mol. The predicted molar refractivity (Wildman–Crippen MR) is 65.5 cm³/mol. The molecule has 0 radical (unpaired) electrons. The third-order valence-corrected chi connectivity index (χ3v) is 2.56. The molecule has 2 aromatic rings. The Kier molecular flexibility index (Phi) is 3.58. The Balaban J connectivity index is 2.38. The summed E-state index contributed by atoms with van der Waals surface area (Å²) in [5.74, 6) is -0.855. The summed E-state index contributed by atoms with van der Waals surface area (Å²) in [4.78, 5) is 0. The van der Waals surface area contributed by atoms with Gasteiger partial charge in [0.15, 0.2) is 11.6 Å². The van der Waals surface area contributed by atoms with E-state index in [1.165, 1.54) is 0 Å². The zero-order valence-electron chi connectivity index (χ0n) is 9.91. The van der Waals surface area contributed by atoms with Crippen LogP contribution in [0.25, 0.3) is 0 Å². The number of rotatable bonds is 3. The number of ether oxygens (including phenoxy) is 1. The maximum absolute atomic E-state index is 13.5. The lowest BCUT2D eigenvalue weighted by atomic mass is 10.1. The summed E-state index contributed by atoms with van der Waals surface area (Å²) in [5, 5.41) is 0. The van der Waals surface area contributed by atoms with Crippen molar-refractivity contribution < 1.29 is 13.5 Å². The van der Waals surface area contributed by atoms with Gasteiger partial charge >= 0.3 is 0 Å². The molecule has 0 aliphatic carbocycles. The van der Waals surface area contributed by atoms with Crippen LogP contribution >= 0.6 is 0 Å². The van der Waals surface area contributed by atoms with Crippen molar-refractivity contribution in [3.05, 3.63) is 59.2 Å². The monoisotopic (exact) mass is 249 g/mol. The zero-order valence-corrected chi connectivity index (χ0v) is 9.91. The van der Waals surface area contributed by atoms with Crippen LogP contribution in [0.4, 0.5) is 8.78 Å². The van der Waals surface area contributed by atoms with Gasteiger partial charge in [0.2, 0.25) is 0 Å². The number of aryl methyl sites for hydroxylation is 1. The van der Waals surface area contributed by atoms with Crippen molar-refractivity contribution in [3.63, 3.8) is 0 Å². The summed E-state index contributed by atoms with van der Waals surface area (Å²) in [6.45, 7) is 2.15. The number of hydrogen-bond acceptors (Lipinski definition) is 2. The van der Waals surface area contributed by atoms with Gasteiger partial charge in [-0.1, -0.05) is 12.1 Å². The van der Waals surface area contributed by atoms with Crippen LogP contribution in [0.15, 0.2) is 36.4 Å². The Morgan fingerprint density at radius 3 is 2.56 bits per heavy atom. The van der Waals surface area contributed by atoms with Crippen molar-refractivity contribution in [3.8, 4) is 11.5 Å². The number of benzene rings is 2. The number of nitrogens with two attached hydrogens (primary N) is 1. The van der Waals surface area contributed by atoms with E-state index >= 15 is 0 Å². The van der Waals surface area contributed by atoms with Gasteiger partial charge in [-0.15, -0.1) is 0 Å².